The number of aliphatic hydroxyl groups is 1. The summed E-state index contributed by atoms with van der Waals surface area (Å²) in [6.07, 6.45) is 3.70. The molecule has 1 aliphatic heterocycles. The maximum atomic E-state index is 11.7. The molecule has 0 radical (unpaired) electrons. The summed E-state index contributed by atoms with van der Waals surface area (Å²) in [7, 11) is 0. The van der Waals surface area contributed by atoms with E-state index < -0.39 is 0 Å². The molecule has 1 aromatic heterocycles. The molecule has 124 valence electrons. The van der Waals surface area contributed by atoms with Crippen molar-refractivity contribution in [1.82, 2.24) is 9.88 Å². The van der Waals surface area contributed by atoms with Gasteiger partial charge in [-0.2, -0.15) is 0 Å². The van der Waals surface area contributed by atoms with Crippen LogP contribution in [0.1, 0.15) is 12.8 Å². The van der Waals surface area contributed by atoms with Crippen molar-refractivity contribution in [3.05, 3.63) is 40.8 Å². The van der Waals surface area contributed by atoms with E-state index in [1.54, 1.807) is 12.3 Å². The number of benzene rings is 1. The van der Waals surface area contributed by atoms with Gasteiger partial charge in [-0.25, -0.2) is 0 Å². The maximum absolute atomic E-state index is 11.7. The lowest BCUT2D eigenvalue weighted by molar-refractivity contribution is 0.0920. The Morgan fingerprint density at radius 2 is 2.13 bits per heavy atom. The van der Waals surface area contributed by atoms with Crippen LogP contribution in [-0.4, -0.2) is 53.4 Å². The van der Waals surface area contributed by atoms with Crippen molar-refractivity contribution in [3.8, 4) is 5.75 Å². The predicted octanol–water partition coefficient (Wildman–Crippen LogP) is 0.691. The van der Waals surface area contributed by atoms with Gasteiger partial charge in [-0.15, -0.1) is 0 Å². The van der Waals surface area contributed by atoms with Crippen LogP contribution in [0.3, 0.4) is 0 Å². The molecule has 0 aliphatic carbocycles. The van der Waals surface area contributed by atoms with Gasteiger partial charge in [0.25, 0.3) is 5.56 Å². The standard InChI is InChI=1S/C17H23N3O3/c18-13(11-21)10-20-7-4-14(5-8-20)23-15-1-2-16-12(9-15)3-6-19-17(16)22/h1-3,6,9,13-14,21H,4-5,7-8,10-11,18H2,(H,19,22)/t13-/m1/s1. The van der Waals surface area contributed by atoms with E-state index in [1.165, 1.54) is 0 Å². The molecule has 0 saturated carbocycles. The zero-order valence-corrected chi connectivity index (χ0v) is 13.1. The van der Waals surface area contributed by atoms with E-state index in [1.807, 2.05) is 18.2 Å². The first-order valence-electron chi connectivity index (χ1n) is 8.02. The highest BCUT2D eigenvalue weighted by Crippen LogP contribution is 2.22. The molecule has 6 nitrogen and oxygen atoms in total. The van der Waals surface area contributed by atoms with Gasteiger partial charge in [0, 0.05) is 37.3 Å². The van der Waals surface area contributed by atoms with Crippen molar-refractivity contribution in [2.24, 2.45) is 5.73 Å². The number of rotatable bonds is 5. The molecule has 2 aromatic rings. The van der Waals surface area contributed by atoms with Crippen LogP contribution in [0.4, 0.5) is 0 Å². The van der Waals surface area contributed by atoms with Gasteiger partial charge >= 0.3 is 0 Å². The van der Waals surface area contributed by atoms with Crippen LogP contribution in [0.2, 0.25) is 0 Å². The molecule has 23 heavy (non-hydrogen) atoms. The van der Waals surface area contributed by atoms with E-state index in [2.05, 4.69) is 9.88 Å². The molecule has 1 saturated heterocycles. The third kappa shape index (κ3) is 3.90. The minimum atomic E-state index is -0.175. The van der Waals surface area contributed by atoms with Crippen molar-refractivity contribution in [2.75, 3.05) is 26.2 Å². The van der Waals surface area contributed by atoms with Crippen LogP contribution in [0.5, 0.6) is 5.75 Å². The Balaban J connectivity index is 1.59. The summed E-state index contributed by atoms with van der Waals surface area (Å²) >= 11 is 0. The third-order valence-corrected chi connectivity index (χ3v) is 4.31. The Morgan fingerprint density at radius 3 is 2.87 bits per heavy atom. The molecule has 0 bridgehead atoms. The quantitative estimate of drug-likeness (QED) is 0.755. The predicted molar refractivity (Wildman–Crippen MR) is 89.7 cm³/mol. The smallest absolute Gasteiger partial charge is 0.255 e. The van der Waals surface area contributed by atoms with E-state index in [-0.39, 0.29) is 24.3 Å². The lowest BCUT2D eigenvalue weighted by Crippen LogP contribution is -2.45. The van der Waals surface area contributed by atoms with Gasteiger partial charge in [-0.1, -0.05) is 0 Å². The van der Waals surface area contributed by atoms with Crippen LogP contribution in [0, 0.1) is 0 Å². The van der Waals surface area contributed by atoms with Crippen LogP contribution in [-0.2, 0) is 0 Å². The molecule has 0 spiro atoms. The zero-order chi connectivity index (χ0) is 16.2. The van der Waals surface area contributed by atoms with Crippen molar-refractivity contribution in [1.29, 1.82) is 0 Å². The highest BCUT2D eigenvalue weighted by molar-refractivity contribution is 5.82. The first-order valence-corrected chi connectivity index (χ1v) is 8.02. The van der Waals surface area contributed by atoms with E-state index in [0.717, 1.165) is 43.6 Å². The summed E-state index contributed by atoms with van der Waals surface area (Å²) in [5.41, 5.74) is 5.70. The van der Waals surface area contributed by atoms with E-state index in [4.69, 9.17) is 15.6 Å². The molecule has 6 heteroatoms. The Kier molecular flexibility index (Phi) is 4.95. The SMILES string of the molecule is N[C@@H](CO)CN1CCC(Oc2ccc3c(=O)[nH]ccc3c2)CC1. The van der Waals surface area contributed by atoms with E-state index in [0.29, 0.717) is 5.39 Å². The number of pyridine rings is 1. The number of nitrogens with two attached hydrogens (primary N) is 1. The Labute approximate surface area is 134 Å². The minimum Gasteiger partial charge on any atom is -0.490 e. The fourth-order valence-corrected chi connectivity index (χ4v) is 3.04. The van der Waals surface area contributed by atoms with Gasteiger partial charge < -0.3 is 25.5 Å². The molecule has 4 N–H and O–H groups in total. The monoisotopic (exact) mass is 317 g/mol. The van der Waals surface area contributed by atoms with Gasteiger partial charge in [0.15, 0.2) is 0 Å². The molecule has 1 aromatic carbocycles. The fourth-order valence-electron chi connectivity index (χ4n) is 3.04. The number of aromatic nitrogens is 1. The Morgan fingerprint density at radius 1 is 1.35 bits per heavy atom. The number of ether oxygens (including phenoxy) is 1. The van der Waals surface area contributed by atoms with Gasteiger partial charge in [0.2, 0.25) is 0 Å². The van der Waals surface area contributed by atoms with Crippen molar-refractivity contribution in [2.45, 2.75) is 25.0 Å². The molecule has 1 atom stereocenters. The number of fused-ring (bicyclic) bond motifs is 1. The minimum absolute atomic E-state index is 0.0205. The zero-order valence-electron chi connectivity index (χ0n) is 13.1. The Bertz CT molecular complexity index is 708. The first kappa shape index (κ1) is 16.0. The average molecular weight is 317 g/mol. The number of hydrogen-bond acceptors (Lipinski definition) is 5. The summed E-state index contributed by atoms with van der Waals surface area (Å²) in [5, 5.41) is 10.6. The molecule has 0 unspecified atom stereocenters. The number of aliphatic hydroxyl groups excluding tert-OH is 1. The summed E-state index contributed by atoms with van der Waals surface area (Å²) in [4.78, 5) is 16.6. The Hall–Kier alpha value is -1.89. The van der Waals surface area contributed by atoms with Gasteiger partial charge in [0.05, 0.1) is 6.61 Å². The number of H-pyrrole nitrogens is 1. The number of likely N-dealkylation sites (tertiary alicyclic amines) is 1. The lowest BCUT2D eigenvalue weighted by Gasteiger charge is -2.33. The largest absolute Gasteiger partial charge is 0.490 e. The molecule has 1 aliphatic rings. The molecule has 0 amide bonds. The topological polar surface area (TPSA) is 91.6 Å². The van der Waals surface area contributed by atoms with Crippen molar-refractivity contribution in [3.63, 3.8) is 0 Å². The second-order valence-electron chi connectivity index (χ2n) is 6.12. The summed E-state index contributed by atoms with van der Waals surface area (Å²) < 4.78 is 6.06. The van der Waals surface area contributed by atoms with Crippen LogP contribution in [0.15, 0.2) is 35.3 Å². The normalized spacial score (nSPS) is 18.2. The second kappa shape index (κ2) is 7.12. The highest BCUT2D eigenvalue weighted by Gasteiger charge is 2.21. The molecular weight excluding hydrogens is 294 g/mol. The average Bonchev–Trinajstić information content (AvgIpc) is 2.57. The summed E-state index contributed by atoms with van der Waals surface area (Å²) in [6.45, 7) is 2.59. The summed E-state index contributed by atoms with van der Waals surface area (Å²) in [6, 6.07) is 7.28. The number of nitrogens with zero attached hydrogens (tertiary/aromatic N) is 1. The number of hydrogen-bond donors (Lipinski definition) is 3. The number of aromatic amines is 1. The van der Waals surface area contributed by atoms with Gasteiger partial charge in [0.1, 0.15) is 11.9 Å². The molecule has 3 rings (SSSR count). The maximum Gasteiger partial charge on any atom is 0.255 e. The van der Waals surface area contributed by atoms with Crippen LogP contribution in [0.25, 0.3) is 10.8 Å². The molecule has 1 fully saturated rings. The van der Waals surface area contributed by atoms with Gasteiger partial charge in [-0.05, 0) is 42.5 Å². The fraction of sp³-hybridized carbons (Fsp3) is 0.471. The third-order valence-electron chi connectivity index (χ3n) is 4.31. The second-order valence-corrected chi connectivity index (χ2v) is 6.12. The van der Waals surface area contributed by atoms with Crippen LogP contribution < -0.4 is 16.0 Å². The van der Waals surface area contributed by atoms with E-state index >= 15 is 0 Å². The van der Waals surface area contributed by atoms with Crippen molar-refractivity contribution < 1.29 is 9.84 Å². The first-order chi connectivity index (χ1) is 11.2. The number of nitrogens with one attached hydrogen (secondary N) is 1. The highest BCUT2D eigenvalue weighted by atomic mass is 16.5. The van der Waals surface area contributed by atoms with Gasteiger partial charge in [-0.3, -0.25) is 4.79 Å². The number of piperidine rings is 1. The van der Waals surface area contributed by atoms with E-state index in [9.17, 15) is 4.79 Å². The van der Waals surface area contributed by atoms with Crippen molar-refractivity contribution >= 4 is 10.8 Å². The molecule has 2 heterocycles. The molecular formula is C17H23N3O3. The lowest BCUT2D eigenvalue weighted by atomic mass is 10.1. The van der Waals surface area contributed by atoms with Crippen LogP contribution >= 0.6 is 0 Å². The summed E-state index contributed by atoms with van der Waals surface area (Å²) in [5.74, 6) is 0.800.